The minimum absolute atomic E-state index is 0.119. The molecule has 5 nitrogen and oxygen atoms in total. The highest BCUT2D eigenvalue weighted by molar-refractivity contribution is 5.75. The molecule has 0 saturated heterocycles. The summed E-state index contributed by atoms with van der Waals surface area (Å²) in [6, 6.07) is 12.7. The summed E-state index contributed by atoms with van der Waals surface area (Å²) in [4.78, 5) is 10.5. The zero-order valence-corrected chi connectivity index (χ0v) is 11.8. The van der Waals surface area contributed by atoms with E-state index in [1.807, 2.05) is 42.5 Å². The minimum atomic E-state index is -0.494. The highest BCUT2D eigenvalue weighted by atomic mass is 16.6. The van der Waals surface area contributed by atoms with Crippen LogP contribution in [0, 0.1) is 10.1 Å². The van der Waals surface area contributed by atoms with E-state index in [0.717, 1.165) is 5.56 Å². The van der Waals surface area contributed by atoms with Crippen molar-refractivity contribution in [3.8, 4) is 11.5 Å². The van der Waals surface area contributed by atoms with E-state index in [9.17, 15) is 10.1 Å². The van der Waals surface area contributed by atoms with Gasteiger partial charge in [0, 0.05) is 5.56 Å². The lowest BCUT2D eigenvalue weighted by Crippen LogP contribution is -1.96. The van der Waals surface area contributed by atoms with Gasteiger partial charge < -0.3 is 9.47 Å². The lowest BCUT2D eigenvalue weighted by molar-refractivity contribution is -0.385. The molecule has 0 N–H and O–H groups in total. The van der Waals surface area contributed by atoms with Crippen molar-refractivity contribution in [2.45, 2.75) is 0 Å². The van der Waals surface area contributed by atoms with E-state index in [1.165, 1.54) is 20.3 Å². The van der Waals surface area contributed by atoms with Crippen molar-refractivity contribution in [2.24, 2.45) is 0 Å². The molecule has 0 bridgehead atoms. The fraction of sp³-hybridized carbons (Fsp3) is 0.125. The summed E-state index contributed by atoms with van der Waals surface area (Å²) < 4.78 is 10.3. The van der Waals surface area contributed by atoms with Crippen LogP contribution in [0.15, 0.2) is 42.5 Å². The summed E-state index contributed by atoms with van der Waals surface area (Å²) in [6.07, 6.45) is 3.74. The Hall–Kier alpha value is -2.82. The van der Waals surface area contributed by atoms with Crippen LogP contribution < -0.4 is 9.47 Å². The molecule has 2 aromatic carbocycles. The Balaban J connectivity index is 2.43. The van der Waals surface area contributed by atoms with Gasteiger partial charge in [0.25, 0.3) is 0 Å². The first kappa shape index (κ1) is 14.6. The molecule has 0 unspecified atom stereocenters. The number of rotatable bonds is 5. The second-order valence-corrected chi connectivity index (χ2v) is 4.27. The Morgan fingerprint density at radius 1 is 1.00 bits per heavy atom. The zero-order chi connectivity index (χ0) is 15.2. The van der Waals surface area contributed by atoms with Crippen molar-refractivity contribution in [3.05, 3.63) is 63.7 Å². The molecular formula is C16H15NO4. The third-order valence-electron chi connectivity index (χ3n) is 2.98. The van der Waals surface area contributed by atoms with Gasteiger partial charge >= 0.3 is 5.69 Å². The van der Waals surface area contributed by atoms with Gasteiger partial charge in [-0.05, 0) is 11.6 Å². The molecule has 0 aliphatic carbocycles. The Morgan fingerprint density at radius 2 is 1.67 bits per heavy atom. The molecule has 2 aromatic rings. The Bertz CT molecular complexity index is 665. The van der Waals surface area contributed by atoms with Crippen LogP contribution in [-0.2, 0) is 0 Å². The summed E-state index contributed by atoms with van der Waals surface area (Å²) in [7, 11) is 2.88. The van der Waals surface area contributed by atoms with Gasteiger partial charge in [-0.1, -0.05) is 42.5 Å². The summed E-state index contributed by atoms with van der Waals surface area (Å²) in [5.41, 5.74) is 1.62. The molecule has 108 valence electrons. The van der Waals surface area contributed by atoms with Crippen molar-refractivity contribution in [1.29, 1.82) is 0 Å². The van der Waals surface area contributed by atoms with Crippen LogP contribution in [0.5, 0.6) is 11.5 Å². The normalized spacial score (nSPS) is 10.6. The maximum atomic E-state index is 11.0. The summed E-state index contributed by atoms with van der Waals surface area (Å²) in [5, 5.41) is 11.0. The largest absolute Gasteiger partial charge is 0.496 e. The molecule has 5 heteroatoms. The van der Waals surface area contributed by atoms with E-state index in [0.29, 0.717) is 11.3 Å². The molecule has 0 heterocycles. The Kier molecular flexibility index (Phi) is 4.56. The highest BCUT2D eigenvalue weighted by Gasteiger charge is 2.18. The molecule has 0 aliphatic rings. The van der Waals surface area contributed by atoms with Crippen molar-refractivity contribution in [2.75, 3.05) is 14.2 Å². The van der Waals surface area contributed by atoms with Crippen LogP contribution in [0.25, 0.3) is 12.2 Å². The SMILES string of the molecule is COc1cc([N+](=O)[O-])c(OC)cc1/C=C/c1ccccc1. The van der Waals surface area contributed by atoms with Gasteiger partial charge in [-0.3, -0.25) is 10.1 Å². The minimum Gasteiger partial charge on any atom is -0.496 e. The van der Waals surface area contributed by atoms with Crippen molar-refractivity contribution >= 4 is 17.8 Å². The first-order chi connectivity index (χ1) is 10.2. The van der Waals surface area contributed by atoms with E-state index in [1.54, 1.807) is 6.07 Å². The lowest BCUT2D eigenvalue weighted by atomic mass is 10.1. The van der Waals surface area contributed by atoms with E-state index >= 15 is 0 Å². The smallest absolute Gasteiger partial charge is 0.314 e. The predicted molar refractivity (Wildman–Crippen MR) is 81.6 cm³/mol. The monoisotopic (exact) mass is 285 g/mol. The first-order valence-corrected chi connectivity index (χ1v) is 6.29. The number of nitro benzene ring substituents is 1. The predicted octanol–water partition coefficient (Wildman–Crippen LogP) is 3.78. The molecule has 0 atom stereocenters. The molecular weight excluding hydrogens is 270 g/mol. The maximum Gasteiger partial charge on any atom is 0.314 e. The summed E-state index contributed by atoms with van der Waals surface area (Å²) >= 11 is 0. The molecule has 0 amide bonds. The first-order valence-electron chi connectivity index (χ1n) is 6.29. The topological polar surface area (TPSA) is 61.6 Å². The number of hydrogen-bond donors (Lipinski definition) is 0. The Morgan fingerprint density at radius 3 is 2.24 bits per heavy atom. The fourth-order valence-corrected chi connectivity index (χ4v) is 1.93. The average molecular weight is 285 g/mol. The number of ether oxygens (including phenoxy) is 2. The van der Waals surface area contributed by atoms with Gasteiger partial charge in [-0.25, -0.2) is 0 Å². The van der Waals surface area contributed by atoms with Gasteiger partial charge in [-0.2, -0.15) is 0 Å². The average Bonchev–Trinajstić information content (AvgIpc) is 2.52. The van der Waals surface area contributed by atoms with Crippen molar-refractivity contribution in [3.63, 3.8) is 0 Å². The summed E-state index contributed by atoms with van der Waals surface area (Å²) in [5.74, 6) is 0.628. The lowest BCUT2D eigenvalue weighted by Gasteiger charge is -2.08. The maximum absolute atomic E-state index is 11.0. The van der Waals surface area contributed by atoms with Gasteiger partial charge in [-0.15, -0.1) is 0 Å². The summed E-state index contributed by atoms with van der Waals surface area (Å²) in [6.45, 7) is 0. The van der Waals surface area contributed by atoms with Crippen molar-refractivity contribution in [1.82, 2.24) is 0 Å². The van der Waals surface area contributed by atoms with E-state index in [-0.39, 0.29) is 11.4 Å². The van der Waals surface area contributed by atoms with E-state index in [2.05, 4.69) is 0 Å². The van der Waals surface area contributed by atoms with E-state index < -0.39 is 4.92 Å². The molecule has 0 radical (unpaired) electrons. The van der Waals surface area contributed by atoms with Gasteiger partial charge in [0.15, 0.2) is 5.75 Å². The molecule has 0 fully saturated rings. The number of nitro groups is 1. The van der Waals surface area contributed by atoms with Crippen LogP contribution in [0.2, 0.25) is 0 Å². The number of methoxy groups -OCH3 is 2. The van der Waals surface area contributed by atoms with Crippen LogP contribution in [0.3, 0.4) is 0 Å². The van der Waals surface area contributed by atoms with Gasteiger partial charge in [0.05, 0.1) is 25.2 Å². The van der Waals surface area contributed by atoms with Gasteiger partial charge in [0.1, 0.15) is 5.75 Å². The Labute approximate surface area is 122 Å². The van der Waals surface area contributed by atoms with Gasteiger partial charge in [0.2, 0.25) is 0 Å². The zero-order valence-electron chi connectivity index (χ0n) is 11.8. The molecule has 0 spiro atoms. The molecule has 0 aromatic heterocycles. The molecule has 0 saturated carbocycles. The third-order valence-corrected chi connectivity index (χ3v) is 2.98. The standard InChI is InChI=1S/C16H15NO4/c1-20-15-11-14(17(18)19)16(21-2)10-13(15)9-8-12-6-4-3-5-7-12/h3-11H,1-2H3/b9-8+. The number of hydrogen-bond acceptors (Lipinski definition) is 4. The van der Waals surface area contributed by atoms with Crippen molar-refractivity contribution < 1.29 is 14.4 Å². The fourth-order valence-electron chi connectivity index (χ4n) is 1.93. The number of nitrogens with zero attached hydrogens (tertiary/aromatic N) is 1. The van der Waals surface area contributed by atoms with Crippen LogP contribution in [0.1, 0.15) is 11.1 Å². The van der Waals surface area contributed by atoms with Crippen LogP contribution >= 0.6 is 0 Å². The second kappa shape index (κ2) is 6.56. The van der Waals surface area contributed by atoms with Crippen LogP contribution in [-0.4, -0.2) is 19.1 Å². The third kappa shape index (κ3) is 3.39. The second-order valence-electron chi connectivity index (χ2n) is 4.27. The van der Waals surface area contributed by atoms with Crippen LogP contribution in [0.4, 0.5) is 5.69 Å². The molecule has 21 heavy (non-hydrogen) atoms. The quantitative estimate of drug-likeness (QED) is 0.476. The highest BCUT2D eigenvalue weighted by Crippen LogP contribution is 2.35. The molecule has 2 rings (SSSR count). The number of benzene rings is 2. The molecule has 0 aliphatic heterocycles. The van der Waals surface area contributed by atoms with E-state index in [4.69, 9.17) is 9.47 Å².